The van der Waals surface area contributed by atoms with E-state index in [1.165, 1.54) is 12.8 Å². The largest absolute Gasteiger partial charge is 0.377 e. The third-order valence-electron chi connectivity index (χ3n) is 3.38. The third-order valence-corrected chi connectivity index (χ3v) is 3.38. The van der Waals surface area contributed by atoms with Gasteiger partial charge in [0.05, 0.1) is 6.10 Å². The van der Waals surface area contributed by atoms with Crippen LogP contribution >= 0.6 is 0 Å². The Kier molecular flexibility index (Phi) is 4.85. The second-order valence-electron chi connectivity index (χ2n) is 4.38. The van der Waals surface area contributed by atoms with Gasteiger partial charge in [-0.25, -0.2) is 0 Å². The number of hydrogen-bond donors (Lipinski definition) is 1. The summed E-state index contributed by atoms with van der Waals surface area (Å²) < 4.78 is 5.57. The van der Waals surface area contributed by atoms with E-state index in [9.17, 15) is 0 Å². The molecule has 0 radical (unpaired) electrons. The lowest BCUT2D eigenvalue weighted by molar-refractivity contribution is 0.0687. The van der Waals surface area contributed by atoms with Crippen molar-refractivity contribution < 1.29 is 4.74 Å². The molecule has 1 heterocycles. The molecule has 1 aliphatic rings. The van der Waals surface area contributed by atoms with Crippen LogP contribution in [0.3, 0.4) is 0 Å². The minimum atomic E-state index is 0.389. The van der Waals surface area contributed by atoms with Crippen LogP contribution in [0.1, 0.15) is 33.1 Å². The van der Waals surface area contributed by atoms with Gasteiger partial charge in [-0.1, -0.05) is 0 Å². The Bertz CT molecular complexity index is 163. The third kappa shape index (κ3) is 2.94. The highest BCUT2D eigenvalue weighted by Gasteiger charge is 2.29. The van der Waals surface area contributed by atoms with Crippen molar-refractivity contribution in [2.45, 2.75) is 51.3 Å². The molecular formula is C11H24N2O. The molecule has 14 heavy (non-hydrogen) atoms. The van der Waals surface area contributed by atoms with Gasteiger partial charge in [0.25, 0.3) is 0 Å². The molecule has 84 valence electrons. The van der Waals surface area contributed by atoms with Crippen LogP contribution in [0.4, 0.5) is 0 Å². The summed E-state index contributed by atoms with van der Waals surface area (Å²) in [6.45, 7) is 6.17. The van der Waals surface area contributed by atoms with E-state index < -0.39 is 0 Å². The highest BCUT2D eigenvalue weighted by Crippen LogP contribution is 2.21. The highest BCUT2D eigenvalue weighted by molar-refractivity contribution is 4.83. The molecule has 0 bridgehead atoms. The summed E-state index contributed by atoms with van der Waals surface area (Å²) in [6.07, 6.45) is 3.87. The van der Waals surface area contributed by atoms with Crippen LogP contribution in [-0.4, -0.2) is 43.3 Å². The Hall–Kier alpha value is -0.120. The number of ether oxygens (including phenoxy) is 1. The summed E-state index contributed by atoms with van der Waals surface area (Å²) in [5.74, 6) is 0. The van der Waals surface area contributed by atoms with Gasteiger partial charge >= 0.3 is 0 Å². The molecule has 3 heteroatoms. The molecule has 0 spiro atoms. The molecule has 0 aromatic rings. The second-order valence-corrected chi connectivity index (χ2v) is 4.38. The Morgan fingerprint density at radius 3 is 2.79 bits per heavy atom. The van der Waals surface area contributed by atoms with E-state index in [2.05, 4.69) is 25.8 Å². The second kappa shape index (κ2) is 5.69. The van der Waals surface area contributed by atoms with E-state index in [1.807, 2.05) is 0 Å². The van der Waals surface area contributed by atoms with E-state index in [1.54, 1.807) is 0 Å². The van der Waals surface area contributed by atoms with Crippen LogP contribution in [0.15, 0.2) is 0 Å². The van der Waals surface area contributed by atoms with Crippen molar-refractivity contribution in [1.29, 1.82) is 0 Å². The average molecular weight is 200 g/mol. The fourth-order valence-corrected chi connectivity index (χ4v) is 2.20. The minimum Gasteiger partial charge on any atom is -0.377 e. The maximum Gasteiger partial charge on any atom is 0.0703 e. The first-order valence-corrected chi connectivity index (χ1v) is 5.70. The van der Waals surface area contributed by atoms with Crippen molar-refractivity contribution in [3.63, 3.8) is 0 Å². The fourth-order valence-electron chi connectivity index (χ4n) is 2.20. The molecule has 1 aliphatic heterocycles. The van der Waals surface area contributed by atoms with Crippen molar-refractivity contribution >= 4 is 0 Å². The highest BCUT2D eigenvalue weighted by atomic mass is 16.5. The molecule has 2 N–H and O–H groups in total. The SMILES string of the molecule is CC1OCCC1N(C)C(C)CCCN. The van der Waals surface area contributed by atoms with Crippen molar-refractivity contribution in [2.75, 3.05) is 20.2 Å². The van der Waals surface area contributed by atoms with E-state index in [4.69, 9.17) is 10.5 Å². The number of rotatable bonds is 5. The van der Waals surface area contributed by atoms with Gasteiger partial charge in [0.2, 0.25) is 0 Å². The molecule has 1 fully saturated rings. The Morgan fingerprint density at radius 2 is 2.29 bits per heavy atom. The minimum absolute atomic E-state index is 0.389. The van der Waals surface area contributed by atoms with Gasteiger partial charge in [0, 0.05) is 18.7 Å². The Balaban J connectivity index is 2.34. The summed E-state index contributed by atoms with van der Waals surface area (Å²) in [5, 5.41) is 0. The molecule has 0 aromatic heterocycles. The normalized spacial score (nSPS) is 29.8. The lowest BCUT2D eigenvalue weighted by Crippen LogP contribution is -2.42. The Labute approximate surface area is 87.6 Å². The number of nitrogens with two attached hydrogens (primary N) is 1. The molecule has 3 unspecified atom stereocenters. The molecule has 0 saturated carbocycles. The first-order valence-electron chi connectivity index (χ1n) is 5.70. The van der Waals surface area contributed by atoms with Crippen LogP contribution in [0, 0.1) is 0 Å². The molecule has 1 saturated heterocycles. The monoisotopic (exact) mass is 200 g/mol. The average Bonchev–Trinajstić information content (AvgIpc) is 2.59. The summed E-state index contributed by atoms with van der Waals surface area (Å²) in [6, 6.07) is 1.22. The molecule has 3 nitrogen and oxygen atoms in total. The number of nitrogens with zero attached hydrogens (tertiary/aromatic N) is 1. The lowest BCUT2D eigenvalue weighted by atomic mass is 10.1. The van der Waals surface area contributed by atoms with Gasteiger partial charge in [0.15, 0.2) is 0 Å². The van der Waals surface area contributed by atoms with Crippen LogP contribution in [0.2, 0.25) is 0 Å². The van der Waals surface area contributed by atoms with E-state index in [-0.39, 0.29) is 0 Å². The Morgan fingerprint density at radius 1 is 1.57 bits per heavy atom. The quantitative estimate of drug-likeness (QED) is 0.725. The maximum atomic E-state index is 5.57. The van der Waals surface area contributed by atoms with Crippen molar-refractivity contribution in [1.82, 2.24) is 4.90 Å². The predicted octanol–water partition coefficient (Wildman–Crippen LogP) is 1.22. The molecule has 0 aliphatic carbocycles. The maximum absolute atomic E-state index is 5.57. The van der Waals surface area contributed by atoms with E-state index >= 15 is 0 Å². The van der Waals surface area contributed by atoms with Crippen LogP contribution in [0.25, 0.3) is 0 Å². The summed E-state index contributed by atoms with van der Waals surface area (Å²) in [7, 11) is 2.21. The summed E-state index contributed by atoms with van der Waals surface area (Å²) in [4.78, 5) is 2.45. The zero-order valence-electron chi connectivity index (χ0n) is 9.70. The molecule has 0 aromatic carbocycles. The zero-order valence-corrected chi connectivity index (χ0v) is 9.70. The van der Waals surface area contributed by atoms with E-state index in [0.29, 0.717) is 18.2 Å². The van der Waals surface area contributed by atoms with E-state index in [0.717, 1.165) is 19.6 Å². The smallest absolute Gasteiger partial charge is 0.0703 e. The lowest BCUT2D eigenvalue weighted by Gasteiger charge is -2.32. The van der Waals surface area contributed by atoms with Gasteiger partial charge in [0.1, 0.15) is 0 Å². The van der Waals surface area contributed by atoms with Crippen molar-refractivity contribution in [3.05, 3.63) is 0 Å². The topological polar surface area (TPSA) is 38.5 Å². The first kappa shape index (κ1) is 12.0. The number of hydrogen-bond acceptors (Lipinski definition) is 3. The van der Waals surface area contributed by atoms with Crippen LogP contribution in [-0.2, 0) is 4.74 Å². The van der Waals surface area contributed by atoms with Gasteiger partial charge < -0.3 is 10.5 Å². The van der Waals surface area contributed by atoms with Gasteiger partial charge in [-0.05, 0) is 46.7 Å². The van der Waals surface area contributed by atoms with Gasteiger partial charge in [-0.15, -0.1) is 0 Å². The molecular weight excluding hydrogens is 176 g/mol. The molecule has 1 rings (SSSR count). The van der Waals surface area contributed by atoms with Crippen molar-refractivity contribution in [2.24, 2.45) is 5.73 Å². The standard InChI is InChI=1S/C11H24N2O/c1-9(5-4-7-12)13(3)11-6-8-14-10(11)2/h9-11H,4-8,12H2,1-3H3. The predicted molar refractivity (Wildman–Crippen MR) is 59.3 cm³/mol. The molecule has 3 atom stereocenters. The zero-order chi connectivity index (χ0) is 10.6. The van der Waals surface area contributed by atoms with Gasteiger partial charge in [-0.3, -0.25) is 4.90 Å². The van der Waals surface area contributed by atoms with Crippen molar-refractivity contribution in [3.8, 4) is 0 Å². The molecule has 0 amide bonds. The first-order chi connectivity index (χ1) is 6.66. The fraction of sp³-hybridized carbons (Fsp3) is 1.00. The van der Waals surface area contributed by atoms with Gasteiger partial charge in [-0.2, -0.15) is 0 Å². The number of likely N-dealkylation sites (N-methyl/N-ethyl adjacent to an activating group) is 1. The van der Waals surface area contributed by atoms with Crippen LogP contribution in [0.5, 0.6) is 0 Å². The van der Waals surface area contributed by atoms with Crippen LogP contribution < -0.4 is 5.73 Å². The summed E-state index contributed by atoms with van der Waals surface area (Å²) in [5.41, 5.74) is 5.51. The summed E-state index contributed by atoms with van der Waals surface area (Å²) >= 11 is 0.